The highest BCUT2D eigenvalue weighted by molar-refractivity contribution is 8.03. The Balaban J connectivity index is 1.44. The minimum atomic E-state index is -3.95. The number of nitrogens with zero attached hydrogens (tertiary/aromatic N) is 2. The maximum absolute atomic E-state index is 11.0. The summed E-state index contributed by atoms with van der Waals surface area (Å²) in [6.45, 7) is 1.29. The van der Waals surface area contributed by atoms with E-state index in [0.717, 1.165) is 30.8 Å². The topological polar surface area (TPSA) is 116 Å². The van der Waals surface area contributed by atoms with E-state index in [1.807, 2.05) is 66.8 Å². The Morgan fingerprint density at radius 2 is 1.51 bits per heavy atom. The van der Waals surface area contributed by atoms with Gasteiger partial charge in [0.1, 0.15) is 4.70 Å². The van der Waals surface area contributed by atoms with Gasteiger partial charge in [0, 0.05) is 30.0 Å². The van der Waals surface area contributed by atoms with E-state index in [2.05, 4.69) is 21.6 Å². The monoisotopic (exact) mass is 607 g/mol. The molecule has 0 aliphatic carbocycles. The van der Waals surface area contributed by atoms with Crippen LogP contribution in [0.15, 0.2) is 82.8 Å². The Kier molecular flexibility index (Phi) is 10.0. The first-order valence-corrected chi connectivity index (χ1v) is 17.4. The number of benzene rings is 2. The molecule has 0 amide bonds. The van der Waals surface area contributed by atoms with Crippen molar-refractivity contribution in [1.82, 2.24) is 0 Å². The molecule has 2 aromatic carbocycles. The molecular formula is C27H31N2O6S4+. The lowest BCUT2D eigenvalue weighted by Crippen LogP contribution is -2.35. The second kappa shape index (κ2) is 13.2. The van der Waals surface area contributed by atoms with Crippen molar-refractivity contribution >= 4 is 65.3 Å². The molecule has 4 rings (SSSR count). The number of unbranched alkanes of at least 4 members (excludes halogenated alkanes) is 2. The molecule has 39 heavy (non-hydrogen) atoms. The van der Waals surface area contributed by atoms with Crippen molar-refractivity contribution in [3.63, 3.8) is 0 Å². The number of hydrogen-bond acceptors (Lipinski definition) is 7. The highest BCUT2D eigenvalue weighted by atomic mass is 32.2. The molecule has 1 aliphatic heterocycles. The van der Waals surface area contributed by atoms with Gasteiger partial charge in [-0.25, -0.2) is 0 Å². The standard InChI is InChI=1S/C27H30N2O6S4/c30-38(31,32)20-10-8-18-28-22-12-4-6-14-24(22)36-26(28)16-2-1-3-17-27-29(19-9-11-21-39(33,34)35)23-13-5-7-15-25(23)37-27/h1-7,12-17H,8-11,18-21H2,(H-,30,31,32,33,34,35)/p+1. The molecule has 0 bridgehead atoms. The minimum absolute atomic E-state index is 0.238. The van der Waals surface area contributed by atoms with Crippen molar-refractivity contribution in [3.8, 4) is 0 Å². The second-order valence-electron chi connectivity index (χ2n) is 9.02. The first-order chi connectivity index (χ1) is 18.6. The fourth-order valence-corrected chi connectivity index (χ4v) is 7.60. The molecule has 0 saturated carbocycles. The Bertz CT molecular complexity index is 1610. The maximum Gasteiger partial charge on any atom is 0.264 e. The Morgan fingerprint density at radius 3 is 2.28 bits per heavy atom. The largest absolute Gasteiger partial charge is 0.335 e. The molecule has 0 radical (unpaired) electrons. The van der Waals surface area contributed by atoms with Crippen LogP contribution in [0.4, 0.5) is 5.69 Å². The number of hydrogen-bond donors (Lipinski definition) is 2. The van der Waals surface area contributed by atoms with E-state index in [1.54, 1.807) is 23.1 Å². The molecule has 0 spiro atoms. The quantitative estimate of drug-likeness (QED) is 0.113. The smallest absolute Gasteiger partial charge is 0.264 e. The second-order valence-corrected chi connectivity index (χ2v) is 14.3. The van der Waals surface area contributed by atoms with Crippen molar-refractivity contribution in [1.29, 1.82) is 0 Å². The van der Waals surface area contributed by atoms with Crippen LogP contribution in [0.2, 0.25) is 0 Å². The van der Waals surface area contributed by atoms with Gasteiger partial charge < -0.3 is 4.90 Å². The van der Waals surface area contributed by atoms with Gasteiger partial charge in [-0.15, -0.1) is 0 Å². The summed E-state index contributed by atoms with van der Waals surface area (Å²) in [4.78, 5) is 3.31. The number of thioether (sulfide) groups is 1. The summed E-state index contributed by atoms with van der Waals surface area (Å²) in [6.07, 6.45) is 12.0. The highest BCUT2D eigenvalue weighted by Gasteiger charge is 2.24. The van der Waals surface area contributed by atoms with Crippen molar-refractivity contribution in [2.75, 3.05) is 23.0 Å². The van der Waals surface area contributed by atoms with E-state index >= 15 is 0 Å². The van der Waals surface area contributed by atoms with E-state index in [0.29, 0.717) is 38.8 Å². The van der Waals surface area contributed by atoms with Crippen LogP contribution in [0.25, 0.3) is 16.3 Å². The molecule has 0 saturated heterocycles. The van der Waals surface area contributed by atoms with Crippen molar-refractivity contribution in [2.24, 2.45) is 0 Å². The average Bonchev–Trinajstić information content (AvgIpc) is 3.40. The van der Waals surface area contributed by atoms with E-state index in [9.17, 15) is 16.8 Å². The molecule has 2 N–H and O–H groups in total. The van der Waals surface area contributed by atoms with Crippen molar-refractivity contribution in [2.45, 2.75) is 37.1 Å². The zero-order chi connectivity index (χ0) is 27.9. The number of aryl methyl sites for hydroxylation is 1. The summed E-state index contributed by atoms with van der Waals surface area (Å²) in [6, 6.07) is 16.2. The molecule has 3 aromatic rings. The molecule has 0 fully saturated rings. The van der Waals surface area contributed by atoms with Crippen LogP contribution in [-0.2, 0) is 26.8 Å². The summed E-state index contributed by atoms with van der Waals surface area (Å²) in [5.74, 6) is -0.477. The zero-order valence-electron chi connectivity index (χ0n) is 21.2. The van der Waals surface area contributed by atoms with Gasteiger partial charge in [-0.1, -0.05) is 65.6 Å². The van der Waals surface area contributed by atoms with Gasteiger partial charge in [-0.3, -0.25) is 9.11 Å². The number of allylic oxidation sites excluding steroid dienone is 4. The molecular weight excluding hydrogens is 577 g/mol. The van der Waals surface area contributed by atoms with E-state index in [-0.39, 0.29) is 11.5 Å². The van der Waals surface area contributed by atoms with E-state index < -0.39 is 20.2 Å². The number of anilines is 1. The van der Waals surface area contributed by atoms with Crippen LogP contribution < -0.4 is 9.47 Å². The number of thiazole rings is 1. The van der Waals surface area contributed by atoms with Gasteiger partial charge >= 0.3 is 0 Å². The predicted octanol–water partition coefficient (Wildman–Crippen LogP) is 5.55. The van der Waals surface area contributed by atoms with E-state index in [1.165, 1.54) is 0 Å². The SMILES string of the molecule is O=S(=O)(O)CCCCN1C(=CC=CC=Cc2sc3ccccc3[n+]2CCCCS(=O)(=O)O)Sc2ccccc21. The first-order valence-electron chi connectivity index (χ1n) is 12.5. The van der Waals surface area contributed by atoms with Gasteiger partial charge in [0.2, 0.25) is 5.52 Å². The van der Waals surface area contributed by atoms with Crippen molar-refractivity contribution < 1.29 is 30.5 Å². The van der Waals surface area contributed by atoms with Gasteiger partial charge in [0.25, 0.3) is 25.2 Å². The zero-order valence-corrected chi connectivity index (χ0v) is 24.5. The lowest BCUT2D eigenvalue weighted by molar-refractivity contribution is -0.669. The van der Waals surface area contributed by atoms with Crippen LogP contribution in [0.5, 0.6) is 0 Å². The van der Waals surface area contributed by atoms with Crippen LogP contribution >= 0.6 is 23.1 Å². The third kappa shape index (κ3) is 8.75. The first kappa shape index (κ1) is 29.5. The Hall–Kier alpha value is -2.48. The summed E-state index contributed by atoms with van der Waals surface area (Å²) >= 11 is 3.32. The Labute approximate surface area is 237 Å². The van der Waals surface area contributed by atoms with Crippen LogP contribution in [-0.4, -0.2) is 44.0 Å². The van der Waals surface area contributed by atoms with Crippen LogP contribution in [0.1, 0.15) is 30.7 Å². The highest BCUT2D eigenvalue weighted by Crippen LogP contribution is 2.45. The molecule has 0 atom stereocenters. The number of fused-ring (bicyclic) bond motifs is 2. The van der Waals surface area contributed by atoms with Crippen LogP contribution in [0, 0.1) is 0 Å². The average molecular weight is 608 g/mol. The molecule has 8 nitrogen and oxygen atoms in total. The molecule has 1 aromatic heterocycles. The number of aromatic nitrogens is 1. The fourth-order valence-electron chi connectivity index (χ4n) is 4.26. The molecule has 12 heteroatoms. The minimum Gasteiger partial charge on any atom is -0.335 e. The summed E-state index contributed by atoms with van der Waals surface area (Å²) in [7, 11) is -7.91. The Morgan fingerprint density at radius 1 is 0.821 bits per heavy atom. The van der Waals surface area contributed by atoms with Crippen molar-refractivity contribution in [3.05, 3.63) is 82.9 Å². The van der Waals surface area contributed by atoms with Crippen LogP contribution in [0.3, 0.4) is 0 Å². The molecule has 0 unspecified atom stereocenters. The predicted molar refractivity (Wildman–Crippen MR) is 159 cm³/mol. The van der Waals surface area contributed by atoms with Gasteiger partial charge in [0.15, 0.2) is 6.54 Å². The lowest BCUT2D eigenvalue weighted by Gasteiger charge is -2.20. The summed E-state index contributed by atoms with van der Waals surface area (Å²) in [5.41, 5.74) is 2.18. The number of rotatable bonds is 13. The maximum atomic E-state index is 11.0. The fraction of sp³-hybridized carbons (Fsp3) is 0.296. The molecule has 2 heterocycles. The number of para-hydroxylation sites is 2. The normalized spacial score (nSPS) is 15.3. The van der Waals surface area contributed by atoms with Gasteiger partial charge in [-0.05, 0) is 43.5 Å². The third-order valence-corrected chi connectivity index (χ3v) is 9.91. The third-order valence-electron chi connectivity index (χ3n) is 6.04. The summed E-state index contributed by atoms with van der Waals surface area (Å²) in [5, 5.41) is 2.09. The summed E-state index contributed by atoms with van der Waals surface area (Å²) < 4.78 is 65.5. The van der Waals surface area contributed by atoms with E-state index in [4.69, 9.17) is 9.11 Å². The van der Waals surface area contributed by atoms with Gasteiger partial charge in [0.05, 0.1) is 22.2 Å². The molecule has 208 valence electrons. The molecule has 1 aliphatic rings. The lowest BCUT2D eigenvalue weighted by atomic mass is 10.2. The van der Waals surface area contributed by atoms with Gasteiger partial charge in [-0.2, -0.15) is 21.4 Å².